The molecule has 0 amide bonds. The van der Waals surface area contributed by atoms with Gasteiger partial charge >= 0.3 is 0 Å². The second-order valence-corrected chi connectivity index (χ2v) is 5.90. The smallest absolute Gasteiger partial charge is 0.164 e. The van der Waals surface area contributed by atoms with Crippen LogP contribution in [0, 0.1) is 13.8 Å². The standard InChI is InChI=1S/C15H13BrClN3/c1-9-4-3-5-13(10(9)2)20-14(7-17)19-12-6-11(16)8-18-15(12)20/h3-6,8H,7H2,1-2H3. The summed E-state index contributed by atoms with van der Waals surface area (Å²) < 4.78 is 2.95. The van der Waals surface area contributed by atoms with Gasteiger partial charge in [0.15, 0.2) is 5.65 Å². The Hall–Kier alpha value is -1.39. The van der Waals surface area contributed by atoms with Crippen LogP contribution in [0.25, 0.3) is 16.9 Å². The molecule has 2 aromatic heterocycles. The van der Waals surface area contributed by atoms with E-state index >= 15 is 0 Å². The van der Waals surface area contributed by atoms with E-state index in [9.17, 15) is 0 Å². The first-order valence-electron chi connectivity index (χ1n) is 6.27. The van der Waals surface area contributed by atoms with Crippen molar-refractivity contribution in [3.05, 3.63) is 51.9 Å². The summed E-state index contributed by atoms with van der Waals surface area (Å²) in [6.07, 6.45) is 1.78. The minimum atomic E-state index is 0.349. The highest BCUT2D eigenvalue weighted by molar-refractivity contribution is 9.10. The lowest BCUT2D eigenvalue weighted by atomic mass is 10.1. The van der Waals surface area contributed by atoms with Gasteiger partial charge in [-0.1, -0.05) is 12.1 Å². The van der Waals surface area contributed by atoms with E-state index in [4.69, 9.17) is 11.6 Å². The van der Waals surface area contributed by atoms with E-state index in [2.05, 4.69) is 51.9 Å². The van der Waals surface area contributed by atoms with E-state index in [1.54, 1.807) is 6.20 Å². The third-order valence-electron chi connectivity index (χ3n) is 3.47. The molecule has 0 unspecified atom stereocenters. The molecule has 0 saturated carbocycles. The van der Waals surface area contributed by atoms with Crippen molar-refractivity contribution >= 4 is 38.7 Å². The largest absolute Gasteiger partial charge is 0.279 e. The van der Waals surface area contributed by atoms with Crippen molar-refractivity contribution in [3.8, 4) is 5.69 Å². The van der Waals surface area contributed by atoms with Crippen LogP contribution in [0.15, 0.2) is 34.9 Å². The van der Waals surface area contributed by atoms with E-state index in [1.165, 1.54) is 11.1 Å². The molecule has 1 aromatic carbocycles. The average molecular weight is 351 g/mol. The highest BCUT2D eigenvalue weighted by Gasteiger charge is 2.15. The van der Waals surface area contributed by atoms with Crippen molar-refractivity contribution in [1.29, 1.82) is 0 Å². The first-order valence-corrected chi connectivity index (χ1v) is 7.60. The highest BCUT2D eigenvalue weighted by atomic mass is 79.9. The van der Waals surface area contributed by atoms with Gasteiger partial charge in [-0.15, -0.1) is 11.6 Å². The van der Waals surface area contributed by atoms with Gasteiger partial charge in [0.05, 0.1) is 11.6 Å². The van der Waals surface area contributed by atoms with E-state index in [-0.39, 0.29) is 0 Å². The summed E-state index contributed by atoms with van der Waals surface area (Å²) in [6, 6.07) is 8.17. The molecule has 0 spiro atoms. The Morgan fingerprint density at radius 1 is 1.30 bits per heavy atom. The fraction of sp³-hybridized carbons (Fsp3) is 0.200. The molecule has 0 N–H and O–H groups in total. The summed E-state index contributed by atoms with van der Waals surface area (Å²) in [4.78, 5) is 9.07. The van der Waals surface area contributed by atoms with Crippen molar-refractivity contribution in [2.24, 2.45) is 0 Å². The van der Waals surface area contributed by atoms with Gasteiger partial charge in [-0.3, -0.25) is 4.57 Å². The number of imidazole rings is 1. The molecule has 0 radical (unpaired) electrons. The van der Waals surface area contributed by atoms with Crippen LogP contribution in [0.2, 0.25) is 0 Å². The van der Waals surface area contributed by atoms with Crippen LogP contribution < -0.4 is 0 Å². The quantitative estimate of drug-likeness (QED) is 0.635. The molecular formula is C15H13BrClN3. The second kappa shape index (κ2) is 5.19. The number of alkyl halides is 1. The second-order valence-electron chi connectivity index (χ2n) is 4.71. The van der Waals surface area contributed by atoms with Gasteiger partial charge in [-0.25, -0.2) is 9.97 Å². The summed E-state index contributed by atoms with van der Waals surface area (Å²) in [5.74, 6) is 1.16. The van der Waals surface area contributed by atoms with Crippen LogP contribution in [0.5, 0.6) is 0 Å². The Bertz CT molecular complexity index is 795. The third kappa shape index (κ3) is 2.13. The number of hydrogen-bond donors (Lipinski definition) is 0. The Morgan fingerprint density at radius 2 is 2.10 bits per heavy atom. The molecule has 0 aliphatic carbocycles. The number of rotatable bonds is 2. The minimum Gasteiger partial charge on any atom is -0.279 e. The normalized spacial score (nSPS) is 11.2. The number of hydrogen-bond acceptors (Lipinski definition) is 2. The first-order chi connectivity index (χ1) is 9.61. The Morgan fingerprint density at radius 3 is 2.85 bits per heavy atom. The maximum atomic E-state index is 6.06. The molecule has 102 valence electrons. The third-order valence-corrected chi connectivity index (χ3v) is 4.14. The molecule has 5 heteroatoms. The number of pyridine rings is 1. The van der Waals surface area contributed by atoms with Crippen molar-refractivity contribution < 1.29 is 0 Å². The molecule has 20 heavy (non-hydrogen) atoms. The van der Waals surface area contributed by atoms with Crippen molar-refractivity contribution in [2.45, 2.75) is 19.7 Å². The maximum Gasteiger partial charge on any atom is 0.164 e. The van der Waals surface area contributed by atoms with E-state index in [0.29, 0.717) is 5.88 Å². The summed E-state index contributed by atoms with van der Waals surface area (Å²) >= 11 is 9.49. The fourth-order valence-corrected chi connectivity index (χ4v) is 2.81. The number of halogens is 2. The zero-order valence-electron chi connectivity index (χ0n) is 11.2. The lowest BCUT2D eigenvalue weighted by Crippen LogP contribution is -2.03. The van der Waals surface area contributed by atoms with Crippen LogP contribution in [0.3, 0.4) is 0 Å². The summed E-state index contributed by atoms with van der Waals surface area (Å²) in [6.45, 7) is 4.20. The molecule has 0 atom stereocenters. The molecule has 0 aliphatic rings. The molecule has 3 rings (SSSR count). The van der Waals surface area contributed by atoms with E-state index in [1.807, 2.05) is 16.7 Å². The number of benzene rings is 1. The van der Waals surface area contributed by atoms with Crippen LogP contribution in [0.1, 0.15) is 17.0 Å². The van der Waals surface area contributed by atoms with E-state index < -0.39 is 0 Å². The van der Waals surface area contributed by atoms with Gasteiger partial charge in [0, 0.05) is 10.7 Å². The zero-order valence-corrected chi connectivity index (χ0v) is 13.5. The van der Waals surface area contributed by atoms with Gasteiger partial charge in [0.1, 0.15) is 11.3 Å². The Labute approximate surface area is 130 Å². The number of aromatic nitrogens is 3. The first kappa shape index (κ1) is 13.6. The van der Waals surface area contributed by atoms with Crippen molar-refractivity contribution in [1.82, 2.24) is 14.5 Å². The summed E-state index contributed by atoms with van der Waals surface area (Å²) in [5, 5.41) is 0. The molecule has 0 aliphatic heterocycles. The molecule has 2 heterocycles. The van der Waals surface area contributed by atoms with Crippen LogP contribution in [0.4, 0.5) is 0 Å². The van der Waals surface area contributed by atoms with Gasteiger partial charge < -0.3 is 0 Å². The van der Waals surface area contributed by atoms with Crippen molar-refractivity contribution in [2.75, 3.05) is 0 Å². The van der Waals surface area contributed by atoms with Gasteiger partial charge in [-0.05, 0) is 53.0 Å². The predicted octanol–water partition coefficient (Wildman–Crippen LogP) is 4.54. The maximum absolute atomic E-state index is 6.06. The predicted molar refractivity (Wildman–Crippen MR) is 85.6 cm³/mol. The molecule has 0 saturated heterocycles. The molecule has 3 aromatic rings. The Balaban J connectivity index is 2.37. The molecular weight excluding hydrogens is 338 g/mol. The number of aryl methyl sites for hydroxylation is 1. The van der Waals surface area contributed by atoms with E-state index in [0.717, 1.165) is 27.1 Å². The minimum absolute atomic E-state index is 0.349. The highest BCUT2D eigenvalue weighted by Crippen LogP contribution is 2.26. The fourth-order valence-electron chi connectivity index (χ4n) is 2.31. The number of nitrogens with zero attached hydrogens (tertiary/aromatic N) is 3. The number of fused-ring (bicyclic) bond motifs is 1. The lowest BCUT2D eigenvalue weighted by molar-refractivity contribution is 0.957. The summed E-state index contributed by atoms with van der Waals surface area (Å²) in [5.41, 5.74) is 5.20. The molecule has 0 fully saturated rings. The van der Waals surface area contributed by atoms with Crippen molar-refractivity contribution in [3.63, 3.8) is 0 Å². The SMILES string of the molecule is Cc1cccc(-n2c(CCl)nc3cc(Br)cnc32)c1C. The van der Waals surface area contributed by atoms with Crippen LogP contribution in [-0.2, 0) is 5.88 Å². The van der Waals surface area contributed by atoms with Crippen LogP contribution >= 0.6 is 27.5 Å². The average Bonchev–Trinajstić information content (AvgIpc) is 2.79. The molecule has 3 nitrogen and oxygen atoms in total. The van der Waals surface area contributed by atoms with Gasteiger partial charge in [0.25, 0.3) is 0 Å². The Kier molecular flexibility index (Phi) is 3.52. The lowest BCUT2D eigenvalue weighted by Gasteiger charge is -2.12. The zero-order chi connectivity index (χ0) is 14.3. The van der Waals surface area contributed by atoms with Gasteiger partial charge in [-0.2, -0.15) is 0 Å². The van der Waals surface area contributed by atoms with Gasteiger partial charge in [0.2, 0.25) is 0 Å². The monoisotopic (exact) mass is 349 g/mol. The molecule has 0 bridgehead atoms. The topological polar surface area (TPSA) is 30.7 Å². The van der Waals surface area contributed by atoms with Crippen LogP contribution in [-0.4, -0.2) is 14.5 Å². The summed E-state index contributed by atoms with van der Waals surface area (Å²) in [7, 11) is 0.